The molecule has 4 aromatic carbocycles. The Balaban J connectivity index is 1.56. The van der Waals surface area contributed by atoms with Crippen LogP contribution in [0, 0.1) is 34.6 Å². The van der Waals surface area contributed by atoms with E-state index in [1.807, 2.05) is 0 Å². The first-order valence-corrected chi connectivity index (χ1v) is 13.1. The van der Waals surface area contributed by atoms with Crippen molar-refractivity contribution < 1.29 is 0 Å². The Bertz CT molecular complexity index is 1510. The van der Waals surface area contributed by atoms with E-state index in [0.717, 1.165) is 13.3 Å². The number of para-hydroxylation sites is 2. The highest BCUT2D eigenvalue weighted by molar-refractivity contribution is 5.90. The van der Waals surface area contributed by atoms with Gasteiger partial charge in [-0.1, -0.05) is 29.8 Å². The van der Waals surface area contributed by atoms with Crippen molar-refractivity contribution >= 4 is 34.1 Å². The molecule has 0 aromatic heterocycles. The molecule has 0 radical (unpaired) electrons. The molecule has 4 aromatic rings. The highest BCUT2D eigenvalue weighted by Crippen LogP contribution is 2.46. The van der Waals surface area contributed by atoms with Crippen LogP contribution in [0.2, 0.25) is 0 Å². The van der Waals surface area contributed by atoms with Crippen LogP contribution in [0.4, 0.5) is 34.1 Å². The van der Waals surface area contributed by atoms with Crippen LogP contribution in [0.3, 0.4) is 0 Å². The molecule has 188 valence electrons. The van der Waals surface area contributed by atoms with Gasteiger partial charge in [-0.3, -0.25) is 0 Å². The Morgan fingerprint density at radius 2 is 1.03 bits per heavy atom. The largest absolute Gasteiger partial charge is 0.355 e. The van der Waals surface area contributed by atoms with E-state index in [0.29, 0.717) is 0 Å². The number of benzene rings is 4. The van der Waals surface area contributed by atoms with Crippen molar-refractivity contribution in [3.05, 3.63) is 94.5 Å². The summed E-state index contributed by atoms with van der Waals surface area (Å²) in [4.78, 5) is 9.60. The zero-order chi connectivity index (χ0) is 26.0. The summed E-state index contributed by atoms with van der Waals surface area (Å²) in [6.45, 7) is 12.8. The molecule has 0 bridgehead atoms. The van der Waals surface area contributed by atoms with Crippen LogP contribution in [0.5, 0.6) is 0 Å². The molecule has 0 atom stereocenters. The molecule has 0 saturated carbocycles. The van der Waals surface area contributed by atoms with E-state index < -0.39 is 0 Å². The lowest BCUT2D eigenvalue weighted by molar-refractivity contribution is 0.939. The van der Waals surface area contributed by atoms with Crippen molar-refractivity contribution in [2.45, 2.75) is 34.6 Å². The van der Waals surface area contributed by atoms with Gasteiger partial charge in [0.1, 0.15) is 0 Å². The van der Waals surface area contributed by atoms with Crippen LogP contribution >= 0.6 is 0 Å². The molecule has 0 aliphatic carbocycles. The number of aryl methyl sites for hydroxylation is 5. The monoisotopic (exact) mass is 488 g/mol. The number of fused-ring (bicyclic) bond motifs is 2. The smallest absolute Gasteiger partial charge is 0.0950 e. The first-order chi connectivity index (χ1) is 17.7. The fourth-order valence-electron chi connectivity index (χ4n) is 6.18. The number of anilines is 6. The van der Waals surface area contributed by atoms with Crippen molar-refractivity contribution in [2.75, 3.05) is 47.0 Å². The second-order valence-electron chi connectivity index (χ2n) is 11.0. The summed E-state index contributed by atoms with van der Waals surface area (Å²) < 4.78 is 0. The lowest BCUT2D eigenvalue weighted by Gasteiger charge is -2.26. The Kier molecular flexibility index (Phi) is 5.45. The summed E-state index contributed by atoms with van der Waals surface area (Å²) in [6, 6.07) is 25.1. The van der Waals surface area contributed by atoms with E-state index in [1.54, 1.807) is 0 Å². The number of hydrogen-bond donors (Lipinski definition) is 0. The summed E-state index contributed by atoms with van der Waals surface area (Å²) in [7, 11) is 4.37. The molecule has 0 amide bonds. The molecule has 0 saturated heterocycles. The van der Waals surface area contributed by atoms with E-state index in [4.69, 9.17) is 0 Å². The standard InChI is InChI=1S/C33H36N4/c1-21-12-24(4)33(25(5)13-21)26-16-27(36-19-34(6)29-10-8-9-11-30(29)36)18-28(17-26)37-20-35(7)31-14-22(2)23(3)15-32(31)37/h8-18H,19-20H2,1-7H3. The van der Waals surface area contributed by atoms with Crippen LogP contribution in [-0.2, 0) is 0 Å². The van der Waals surface area contributed by atoms with Crippen molar-refractivity contribution in [2.24, 2.45) is 0 Å². The van der Waals surface area contributed by atoms with Gasteiger partial charge in [0.2, 0.25) is 0 Å². The fraction of sp³-hybridized carbons (Fsp3) is 0.273. The summed E-state index contributed by atoms with van der Waals surface area (Å²) in [5.41, 5.74) is 16.8. The predicted molar refractivity (Wildman–Crippen MR) is 159 cm³/mol. The highest BCUT2D eigenvalue weighted by atomic mass is 15.4. The summed E-state index contributed by atoms with van der Waals surface area (Å²) in [5, 5.41) is 0. The SMILES string of the molecule is Cc1cc(C)c(-c2cc(N3CN(C)c4ccccc43)cc(N3CN(C)c4cc(C)c(C)cc43)c2)c(C)c1. The van der Waals surface area contributed by atoms with E-state index in [-0.39, 0.29) is 0 Å². The fourth-order valence-corrected chi connectivity index (χ4v) is 6.18. The Hall–Kier alpha value is -3.92. The summed E-state index contributed by atoms with van der Waals surface area (Å²) in [5.74, 6) is 0. The van der Waals surface area contributed by atoms with Gasteiger partial charge in [-0.2, -0.15) is 0 Å². The molecule has 4 nitrogen and oxygen atoms in total. The minimum atomic E-state index is 0.836. The van der Waals surface area contributed by atoms with Gasteiger partial charge in [-0.05, 0) is 110 Å². The lowest BCUT2D eigenvalue weighted by atomic mass is 9.93. The molecule has 2 aliphatic rings. The average Bonchev–Trinajstić information content (AvgIpc) is 3.35. The van der Waals surface area contributed by atoms with Gasteiger partial charge in [0.15, 0.2) is 0 Å². The number of hydrogen-bond acceptors (Lipinski definition) is 4. The molecule has 2 aliphatic heterocycles. The Morgan fingerprint density at radius 3 is 1.65 bits per heavy atom. The first-order valence-electron chi connectivity index (χ1n) is 13.1. The lowest BCUT2D eigenvalue weighted by Crippen LogP contribution is -2.26. The van der Waals surface area contributed by atoms with Gasteiger partial charge in [0, 0.05) is 25.5 Å². The molecule has 2 heterocycles. The van der Waals surface area contributed by atoms with Crippen molar-refractivity contribution in [1.29, 1.82) is 0 Å². The van der Waals surface area contributed by atoms with E-state index in [1.165, 1.54) is 73.1 Å². The van der Waals surface area contributed by atoms with E-state index in [9.17, 15) is 0 Å². The van der Waals surface area contributed by atoms with Gasteiger partial charge in [0.25, 0.3) is 0 Å². The average molecular weight is 489 g/mol. The maximum Gasteiger partial charge on any atom is 0.0950 e. The molecule has 0 unspecified atom stereocenters. The Labute approximate surface area is 221 Å². The van der Waals surface area contributed by atoms with Gasteiger partial charge in [0.05, 0.1) is 36.1 Å². The molecule has 6 rings (SSSR count). The zero-order valence-corrected chi connectivity index (χ0v) is 23.1. The van der Waals surface area contributed by atoms with Crippen LogP contribution in [0.25, 0.3) is 11.1 Å². The van der Waals surface area contributed by atoms with Gasteiger partial charge in [-0.15, -0.1) is 0 Å². The summed E-state index contributed by atoms with van der Waals surface area (Å²) >= 11 is 0. The van der Waals surface area contributed by atoms with E-state index >= 15 is 0 Å². The molecule has 37 heavy (non-hydrogen) atoms. The minimum absolute atomic E-state index is 0.836. The van der Waals surface area contributed by atoms with Gasteiger partial charge >= 0.3 is 0 Å². The maximum absolute atomic E-state index is 2.47. The molecule has 4 heteroatoms. The predicted octanol–water partition coefficient (Wildman–Crippen LogP) is 7.99. The zero-order valence-electron chi connectivity index (χ0n) is 23.1. The van der Waals surface area contributed by atoms with Crippen LogP contribution in [-0.4, -0.2) is 27.4 Å². The third kappa shape index (κ3) is 3.83. The Morgan fingerprint density at radius 1 is 0.514 bits per heavy atom. The van der Waals surface area contributed by atoms with Crippen LogP contribution in [0.15, 0.2) is 66.7 Å². The van der Waals surface area contributed by atoms with Gasteiger partial charge < -0.3 is 19.6 Å². The molecule has 0 N–H and O–H groups in total. The van der Waals surface area contributed by atoms with E-state index in [2.05, 4.69) is 135 Å². The van der Waals surface area contributed by atoms with Crippen LogP contribution in [0.1, 0.15) is 27.8 Å². The van der Waals surface area contributed by atoms with Gasteiger partial charge in [-0.25, -0.2) is 0 Å². The number of rotatable bonds is 3. The van der Waals surface area contributed by atoms with Crippen molar-refractivity contribution in [3.8, 4) is 11.1 Å². The van der Waals surface area contributed by atoms with Crippen molar-refractivity contribution in [3.63, 3.8) is 0 Å². The quantitative estimate of drug-likeness (QED) is 0.290. The normalized spacial score (nSPS) is 14.5. The molecular formula is C33H36N4. The second kappa shape index (κ2) is 8.58. The van der Waals surface area contributed by atoms with Crippen molar-refractivity contribution in [1.82, 2.24) is 0 Å². The molecule has 0 fully saturated rings. The number of nitrogens with zero attached hydrogens (tertiary/aromatic N) is 4. The van der Waals surface area contributed by atoms with Crippen LogP contribution < -0.4 is 19.6 Å². The second-order valence-corrected chi connectivity index (χ2v) is 11.0. The maximum atomic E-state index is 2.47. The summed E-state index contributed by atoms with van der Waals surface area (Å²) in [6.07, 6.45) is 0. The highest BCUT2D eigenvalue weighted by Gasteiger charge is 2.29. The molecular weight excluding hydrogens is 452 g/mol. The molecule has 0 spiro atoms. The topological polar surface area (TPSA) is 13.0 Å². The minimum Gasteiger partial charge on any atom is -0.355 e. The third-order valence-corrected chi connectivity index (χ3v) is 8.08. The third-order valence-electron chi connectivity index (χ3n) is 8.08. The first kappa shape index (κ1) is 23.5.